The Morgan fingerprint density at radius 1 is 1.32 bits per heavy atom. The van der Waals surface area contributed by atoms with Gasteiger partial charge in [0.2, 0.25) is 5.91 Å². The lowest BCUT2D eigenvalue weighted by Gasteiger charge is -2.32. The fraction of sp³-hybridized carbons (Fsp3) is 0.611. The van der Waals surface area contributed by atoms with E-state index in [0.29, 0.717) is 5.92 Å². The lowest BCUT2D eigenvalue weighted by atomic mass is 9.86. The van der Waals surface area contributed by atoms with Crippen molar-refractivity contribution in [2.24, 2.45) is 11.1 Å². The Hall–Kier alpha value is -1.55. The molecule has 1 heterocycles. The zero-order chi connectivity index (χ0) is 16.5. The minimum Gasteiger partial charge on any atom is -0.497 e. The van der Waals surface area contributed by atoms with Crippen molar-refractivity contribution in [2.45, 2.75) is 52.1 Å². The minimum atomic E-state index is -0.454. The molecule has 0 spiro atoms. The maximum Gasteiger partial charge on any atom is 0.240 e. The highest BCUT2D eigenvalue weighted by Gasteiger charge is 2.38. The number of methoxy groups -OCH3 is 1. The molecule has 1 amide bonds. The molecule has 2 N–H and O–H groups in total. The van der Waals surface area contributed by atoms with Crippen LogP contribution < -0.4 is 10.5 Å². The number of hydrogen-bond acceptors (Lipinski definition) is 3. The molecule has 1 aliphatic heterocycles. The highest BCUT2D eigenvalue weighted by Crippen LogP contribution is 2.33. The van der Waals surface area contributed by atoms with E-state index in [-0.39, 0.29) is 17.4 Å². The predicted molar refractivity (Wildman–Crippen MR) is 89.0 cm³/mol. The number of nitrogens with zero attached hydrogens (tertiary/aromatic N) is 1. The summed E-state index contributed by atoms with van der Waals surface area (Å²) in [5, 5.41) is 0. The van der Waals surface area contributed by atoms with Gasteiger partial charge in [0.25, 0.3) is 0 Å². The summed E-state index contributed by atoms with van der Waals surface area (Å²) in [6, 6.07) is 7.91. The molecule has 0 aliphatic carbocycles. The van der Waals surface area contributed by atoms with Gasteiger partial charge in [0.05, 0.1) is 13.2 Å². The maximum absolute atomic E-state index is 12.7. The molecule has 1 saturated heterocycles. The van der Waals surface area contributed by atoms with Crippen molar-refractivity contribution in [3.8, 4) is 5.75 Å². The fourth-order valence-electron chi connectivity index (χ4n) is 3.00. The van der Waals surface area contributed by atoms with Crippen molar-refractivity contribution in [3.05, 3.63) is 29.8 Å². The monoisotopic (exact) mass is 304 g/mol. The molecular weight excluding hydrogens is 276 g/mol. The Morgan fingerprint density at radius 3 is 2.41 bits per heavy atom. The molecule has 3 atom stereocenters. The fourth-order valence-corrected chi connectivity index (χ4v) is 3.00. The third kappa shape index (κ3) is 3.43. The van der Waals surface area contributed by atoms with Crippen LogP contribution in [0, 0.1) is 5.41 Å². The Kier molecular flexibility index (Phi) is 4.81. The molecule has 0 bridgehead atoms. The number of ether oxygens (including phenoxy) is 1. The predicted octanol–water partition coefficient (Wildman–Crippen LogP) is 2.77. The lowest BCUT2D eigenvalue weighted by Crippen LogP contribution is -2.51. The number of carbonyl (C=O) groups is 1. The van der Waals surface area contributed by atoms with Crippen LogP contribution in [0.2, 0.25) is 0 Å². The van der Waals surface area contributed by atoms with E-state index in [1.54, 1.807) is 7.11 Å². The second-order valence-corrected chi connectivity index (χ2v) is 7.39. The number of hydrogen-bond donors (Lipinski definition) is 1. The molecule has 1 aliphatic rings. The molecule has 0 unspecified atom stereocenters. The van der Waals surface area contributed by atoms with E-state index in [2.05, 4.69) is 19.1 Å². The van der Waals surface area contributed by atoms with Gasteiger partial charge in [-0.2, -0.15) is 0 Å². The van der Waals surface area contributed by atoms with Gasteiger partial charge in [-0.25, -0.2) is 0 Å². The van der Waals surface area contributed by atoms with Crippen LogP contribution in [0.5, 0.6) is 5.75 Å². The van der Waals surface area contributed by atoms with Gasteiger partial charge in [0.15, 0.2) is 0 Å². The second kappa shape index (κ2) is 6.29. The van der Waals surface area contributed by atoms with Gasteiger partial charge in [0.1, 0.15) is 5.75 Å². The van der Waals surface area contributed by atoms with Crippen molar-refractivity contribution in [1.29, 1.82) is 0 Å². The minimum absolute atomic E-state index is 0.0658. The van der Waals surface area contributed by atoms with Crippen molar-refractivity contribution in [2.75, 3.05) is 13.7 Å². The first-order chi connectivity index (χ1) is 10.2. The van der Waals surface area contributed by atoms with Crippen LogP contribution in [-0.2, 0) is 4.79 Å². The standard InChI is InChI=1S/C18H28N2O2/c1-12-10-14(13-6-8-15(22-5)9-7-13)11-20(12)17(21)16(19)18(2,3)4/h6-9,12,14,16H,10-11,19H2,1-5H3/t12-,14-,16-/m1/s1. The summed E-state index contributed by atoms with van der Waals surface area (Å²) in [6.45, 7) is 8.89. The first-order valence-corrected chi connectivity index (χ1v) is 7.94. The smallest absolute Gasteiger partial charge is 0.240 e. The largest absolute Gasteiger partial charge is 0.497 e. The van der Waals surface area contributed by atoms with Crippen LogP contribution in [0.4, 0.5) is 0 Å². The third-order valence-corrected chi connectivity index (χ3v) is 4.64. The molecule has 122 valence electrons. The first-order valence-electron chi connectivity index (χ1n) is 7.94. The summed E-state index contributed by atoms with van der Waals surface area (Å²) in [7, 11) is 1.67. The van der Waals surface area contributed by atoms with Crippen LogP contribution >= 0.6 is 0 Å². The zero-order valence-electron chi connectivity index (χ0n) is 14.3. The van der Waals surface area contributed by atoms with E-state index < -0.39 is 6.04 Å². The number of benzene rings is 1. The van der Waals surface area contributed by atoms with E-state index in [9.17, 15) is 4.79 Å². The Labute approximate surface area is 133 Å². The summed E-state index contributed by atoms with van der Waals surface area (Å²) in [5.74, 6) is 1.30. The number of carbonyl (C=O) groups excluding carboxylic acids is 1. The zero-order valence-corrected chi connectivity index (χ0v) is 14.3. The van der Waals surface area contributed by atoms with Gasteiger partial charge in [-0.1, -0.05) is 32.9 Å². The van der Waals surface area contributed by atoms with E-state index in [4.69, 9.17) is 10.5 Å². The molecule has 1 aromatic carbocycles. The molecule has 1 fully saturated rings. The van der Waals surface area contributed by atoms with Gasteiger partial charge >= 0.3 is 0 Å². The van der Waals surface area contributed by atoms with Gasteiger partial charge < -0.3 is 15.4 Å². The van der Waals surface area contributed by atoms with Gasteiger partial charge in [-0.3, -0.25) is 4.79 Å². The maximum atomic E-state index is 12.7. The summed E-state index contributed by atoms with van der Waals surface area (Å²) >= 11 is 0. The summed E-state index contributed by atoms with van der Waals surface area (Å²) in [4.78, 5) is 14.6. The molecule has 4 nitrogen and oxygen atoms in total. The average Bonchev–Trinajstić information content (AvgIpc) is 2.87. The number of amides is 1. The van der Waals surface area contributed by atoms with Crippen LogP contribution in [0.15, 0.2) is 24.3 Å². The number of rotatable bonds is 3. The van der Waals surface area contributed by atoms with Crippen LogP contribution in [0.3, 0.4) is 0 Å². The topological polar surface area (TPSA) is 55.6 Å². The summed E-state index contributed by atoms with van der Waals surface area (Å²) < 4.78 is 5.20. The highest BCUT2D eigenvalue weighted by molar-refractivity contribution is 5.83. The molecule has 22 heavy (non-hydrogen) atoms. The van der Waals surface area contributed by atoms with E-state index in [1.165, 1.54) is 5.56 Å². The molecule has 0 aromatic heterocycles. The molecular formula is C18H28N2O2. The van der Waals surface area contributed by atoms with Crippen molar-refractivity contribution >= 4 is 5.91 Å². The van der Waals surface area contributed by atoms with Gasteiger partial charge in [-0.05, 0) is 36.5 Å². The van der Waals surface area contributed by atoms with Gasteiger partial charge in [-0.15, -0.1) is 0 Å². The normalized spacial score (nSPS) is 23.5. The summed E-state index contributed by atoms with van der Waals surface area (Å²) in [5.41, 5.74) is 7.19. The van der Waals surface area contributed by atoms with Crippen molar-refractivity contribution in [1.82, 2.24) is 4.90 Å². The van der Waals surface area contributed by atoms with Crippen LogP contribution in [0.25, 0.3) is 0 Å². The number of nitrogens with two attached hydrogens (primary N) is 1. The number of likely N-dealkylation sites (tertiary alicyclic amines) is 1. The van der Waals surface area contributed by atoms with E-state index in [0.717, 1.165) is 18.7 Å². The highest BCUT2D eigenvalue weighted by atomic mass is 16.5. The third-order valence-electron chi connectivity index (χ3n) is 4.64. The second-order valence-electron chi connectivity index (χ2n) is 7.39. The average molecular weight is 304 g/mol. The molecule has 0 radical (unpaired) electrons. The van der Waals surface area contributed by atoms with E-state index >= 15 is 0 Å². The molecule has 4 heteroatoms. The van der Waals surface area contributed by atoms with Crippen LogP contribution in [0.1, 0.15) is 45.6 Å². The quantitative estimate of drug-likeness (QED) is 0.934. The SMILES string of the molecule is COc1ccc([C@@H]2C[C@@H](C)N(C(=O)[C@@H](N)C(C)(C)C)C2)cc1. The van der Waals surface area contributed by atoms with Gasteiger partial charge in [0, 0.05) is 18.5 Å². The lowest BCUT2D eigenvalue weighted by molar-refractivity contribution is -0.135. The first kappa shape index (κ1) is 16.8. The summed E-state index contributed by atoms with van der Waals surface area (Å²) in [6.07, 6.45) is 0.981. The Morgan fingerprint density at radius 2 is 1.91 bits per heavy atom. The Bertz CT molecular complexity index is 519. The molecule has 2 rings (SSSR count). The Balaban J connectivity index is 2.10. The van der Waals surface area contributed by atoms with Crippen molar-refractivity contribution < 1.29 is 9.53 Å². The van der Waals surface area contributed by atoms with Crippen LogP contribution in [-0.4, -0.2) is 36.5 Å². The van der Waals surface area contributed by atoms with Crippen molar-refractivity contribution in [3.63, 3.8) is 0 Å². The molecule has 1 aromatic rings. The molecule has 0 saturated carbocycles. The van der Waals surface area contributed by atoms with E-state index in [1.807, 2.05) is 37.8 Å².